The molecule has 1 saturated heterocycles. The molecular weight excluding hydrogens is 362 g/mol. The lowest BCUT2D eigenvalue weighted by Crippen LogP contribution is -2.33. The number of carbonyl (C=O) groups is 2. The van der Waals surface area contributed by atoms with E-state index in [1.807, 2.05) is 24.3 Å². The molecule has 1 fully saturated rings. The number of hydrogen-bond donors (Lipinski definition) is 2. The molecule has 1 heterocycles. The molecule has 1 aliphatic rings. The highest BCUT2D eigenvalue weighted by Crippen LogP contribution is 2.18. The Bertz CT molecular complexity index is 815. The number of likely N-dealkylation sites (tertiary alicyclic amines) is 1. The normalized spacial score (nSPS) is 17.0. The first-order chi connectivity index (χ1) is 14.0. The lowest BCUT2D eigenvalue weighted by Gasteiger charge is -2.30. The number of amides is 2. The summed E-state index contributed by atoms with van der Waals surface area (Å²) in [6.07, 6.45) is 2.96. The highest BCUT2D eigenvalue weighted by Gasteiger charge is 2.16. The first-order valence-electron chi connectivity index (χ1n) is 10.4. The van der Waals surface area contributed by atoms with Crippen molar-refractivity contribution in [3.05, 3.63) is 65.2 Å². The summed E-state index contributed by atoms with van der Waals surface area (Å²) in [7, 11) is 0. The number of anilines is 1. The van der Waals surface area contributed by atoms with E-state index in [4.69, 9.17) is 0 Å². The fourth-order valence-electron chi connectivity index (χ4n) is 3.81. The van der Waals surface area contributed by atoms with Gasteiger partial charge in [-0.1, -0.05) is 43.3 Å². The molecule has 5 heteroatoms. The van der Waals surface area contributed by atoms with E-state index in [1.54, 1.807) is 0 Å². The van der Waals surface area contributed by atoms with Crippen molar-refractivity contribution in [3.8, 4) is 0 Å². The molecule has 1 atom stereocenters. The summed E-state index contributed by atoms with van der Waals surface area (Å²) in [5.74, 6) is 0.676. The van der Waals surface area contributed by atoms with E-state index in [-0.39, 0.29) is 11.8 Å². The van der Waals surface area contributed by atoms with Crippen LogP contribution in [0.1, 0.15) is 43.4 Å². The van der Waals surface area contributed by atoms with Crippen LogP contribution in [0.3, 0.4) is 0 Å². The molecule has 29 heavy (non-hydrogen) atoms. The Morgan fingerprint density at radius 3 is 2.31 bits per heavy atom. The van der Waals surface area contributed by atoms with Crippen LogP contribution < -0.4 is 10.6 Å². The van der Waals surface area contributed by atoms with Crippen molar-refractivity contribution in [2.45, 2.75) is 46.2 Å². The predicted molar refractivity (Wildman–Crippen MR) is 116 cm³/mol. The number of piperidine rings is 1. The van der Waals surface area contributed by atoms with Crippen molar-refractivity contribution in [1.82, 2.24) is 10.2 Å². The average molecular weight is 394 g/mol. The SMILES string of the molecule is CC(=O)Nc1ccc(CC(=O)NCc2ccc(CN3CCCC(C)C3)cc2)cc1. The minimum absolute atomic E-state index is 0.0105. The van der Waals surface area contributed by atoms with Gasteiger partial charge < -0.3 is 10.6 Å². The molecule has 0 radical (unpaired) electrons. The molecule has 1 aliphatic heterocycles. The van der Waals surface area contributed by atoms with Crippen LogP contribution in [-0.4, -0.2) is 29.8 Å². The minimum Gasteiger partial charge on any atom is -0.352 e. The van der Waals surface area contributed by atoms with Gasteiger partial charge >= 0.3 is 0 Å². The molecule has 0 bridgehead atoms. The molecule has 2 amide bonds. The molecule has 2 aromatic carbocycles. The van der Waals surface area contributed by atoms with Crippen LogP contribution in [0.2, 0.25) is 0 Å². The van der Waals surface area contributed by atoms with Gasteiger partial charge in [0.2, 0.25) is 11.8 Å². The predicted octanol–water partition coefficient (Wildman–Crippen LogP) is 3.74. The Labute approximate surface area is 173 Å². The van der Waals surface area contributed by atoms with Crippen LogP contribution in [0, 0.1) is 5.92 Å². The van der Waals surface area contributed by atoms with Gasteiger partial charge in [-0.2, -0.15) is 0 Å². The van der Waals surface area contributed by atoms with Gasteiger partial charge in [0.1, 0.15) is 0 Å². The summed E-state index contributed by atoms with van der Waals surface area (Å²) in [6.45, 7) is 7.71. The molecule has 2 N–H and O–H groups in total. The number of carbonyl (C=O) groups excluding carboxylic acids is 2. The van der Waals surface area contributed by atoms with Gasteiger partial charge in [0, 0.05) is 32.2 Å². The van der Waals surface area contributed by atoms with E-state index in [1.165, 1.54) is 38.4 Å². The summed E-state index contributed by atoms with van der Waals surface area (Å²) >= 11 is 0. The van der Waals surface area contributed by atoms with Gasteiger partial charge in [-0.05, 0) is 54.1 Å². The zero-order valence-electron chi connectivity index (χ0n) is 17.4. The van der Waals surface area contributed by atoms with Crippen LogP contribution in [0.5, 0.6) is 0 Å². The lowest BCUT2D eigenvalue weighted by molar-refractivity contribution is -0.120. The molecule has 2 aromatic rings. The second-order valence-electron chi connectivity index (χ2n) is 8.13. The van der Waals surface area contributed by atoms with E-state index < -0.39 is 0 Å². The summed E-state index contributed by atoms with van der Waals surface area (Å²) in [4.78, 5) is 25.8. The quantitative estimate of drug-likeness (QED) is 0.753. The van der Waals surface area contributed by atoms with E-state index >= 15 is 0 Å². The third kappa shape index (κ3) is 7.02. The van der Waals surface area contributed by atoms with E-state index in [0.29, 0.717) is 13.0 Å². The second-order valence-corrected chi connectivity index (χ2v) is 8.13. The minimum atomic E-state index is -0.105. The zero-order valence-corrected chi connectivity index (χ0v) is 17.4. The summed E-state index contributed by atoms with van der Waals surface area (Å²) in [5.41, 5.74) is 4.09. The first-order valence-corrected chi connectivity index (χ1v) is 10.4. The third-order valence-electron chi connectivity index (χ3n) is 5.30. The Kier molecular flexibility index (Phi) is 7.42. The average Bonchev–Trinajstić information content (AvgIpc) is 2.69. The fraction of sp³-hybridized carbons (Fsp3) is 0.417. The van der Waals surface area contributed by atoms with Crippen molar-refractivity contribution in [2.24, 2.45) is 5.92 Å². The van der Waals surface area contributed by atoms with Crippen molar-refractivity contribution in [2.75, 3.05) is 18.4 Å². The molecule has 0 aromatic heterocycles. The Morgan fingerprint density at radius 1 is 1.00 bits per heavy atom. The monoisotopic (exact) mass is 393 g/mol. The largest absolute Gasteiger partial charge is 0.352 e. The van der Waals surface area contributed by atoms with Crippen molar-refractivity contribution < 1.29 is 9.59 Å². The van der Waals surface area contributed by atoms with Crippen molar-refractivity contribution in [3.63, 3.8) is 0 Å². The molecule has 1 unspecified atom stereocenters. The lowest BCUT2D eigenvalue weighted by atomic mass is 9.99. The summed E-state index contributed by atoms with van der Waals surface area (Å²) < 4.78 is 0. The maximum Gasteiger partial charge on any atom is 0.224 e. The number of benzene rings is 2. The van der Waals surface area contributed by atoms with E-state index in [0.717, 1.165) is 29.3 Å². The Morgan fingerprint density at radius 2 is 1.66 bits per heavy atom. The van der Waals surface area contributed by atoms with Crippen LogP contribution in [0.4, 0.5) is 5.69 Å². The standard InChI is InChI=1S/C24H31N3O2/c1-18-4-3-13-27(16-18)17-22-7-5-21(6-8-22)15-25-24(29)14-20-9-11-23(12-10-20)26-19(2)28/h5-12,18H,3-4,13-17H2,1-2H3,(H,25,29)(H,26,28). The number of nitrogens with one attached hydrogen (secondary N) is 2. The fourth-order valence-corrected chi connectivity index (χ4v) is 3.81. The maximum atomic E-state index is 12.2. The Balaban J connectivity index is 1.43. The molecular formula is C24H31N3O2. The van der Waals surface area contributed by atoms with E-state index in [2.05, 4.69) is 46.7 Å². The number of rotatable bonds is 7. The second kappa shape index (κ2) is 10.2. The van der Waals surface area contributed by atoms with Gasteiger partial charge in [0.15, 0.2) is 0 Å². The van der Waals surface area contributed by atoms with E-state index in [9.17, 15) is 9.59 Å². The van der Waals surface area contributed by atoms with Gasteiger partial charge in [-0.3, -0.25) is 14.5 Å². The topological polar surface area (TPSA) is 61.4 Å². The van der Waals surface area contributed by atoms with Crippen LogP contribution in [0.25, 0.3) is 0 Å². The zero-order chi connectivity index (χ0) is 20.6. The molecule has 0 aliphatic carbocycles. The molecule has 154 valence electrons. The van der Waals surface area contributed by atoms with Crippen molar-refractivity contribution in [1.29, 1.82) is 0 Å². The Hall–Kier alpha value is -2.66. The molecule has 0 spiro atoms. The van der Waals surface area contributed by atoms with Crippen LogP contribution in [-0.2, 0) is 29.1 Å². The summed E-state index contributed by atoms with van der Waals surface area (Å²) in [5, 5.41) is 5.70. The van der Waals surface area contributed by atoms with Gasteiger partial charge in [0.25, 0.3) is 0 Å². The van der Waals surface area contributed by atoms with Gasteiger partial charge in [-0.15, -0.1) is 0 Å². The van der Waals surface area contributed by atoms with Crippen LogP contribution >= 0.6 is 0 Å². The molecule has 5 nitrogen and oxygen atoms in total. The highest BCUT2D eigenvalue weighted by atomic mass is 16.2. The van der Waals surface area contributed by atoms with Gasteiger partial charge in [0.05, 0.1) is 6.42 Å². The number of hydrogen-bond acceptors (Lipinski definition) is 3. The number of nitrogens with zero attached hydrogens (tertiary/aromatic N) is 1. The maximum absolute atomic E-state index is 12.2. The smallest absolute Gasteiger partial charge is 0.224 e. The third-order valence-corrected chi connectivity index (χ3v) is 5.30. The summed E-state index contributed by atoms with van der Waals surface area (Å²) in [6, 6.07) is 15.9. The first kappa shape index (κ1) is 21.1. The molecule has 3 rings (SSSR count). The van der Waals surface area contributed by atoms with Gasteiger partial charge in [-0.25, -0.2) is 0 Å². The molecule has 0 saturated carbocycles. The van der Waals surface area contributed by atoms with Crippen molar-refractivity contribution >= 4 is 17.5 Å². The highest BCUT2D eigenvalue weighted by molar-refractivity contribution is 5.88. The van der Waals surface area contributed by atoms with Crippen LogP contribution in [0.15, 0.2) is 48.5 Å².